The first-order chi connectivity index (χ1) is 6.97. The lowest BCUT2D eigenvalue weighted by atomic mass is 10.1. The van der Waals surface area contributed by atoms with Gasteiger partial charge in [0.15, 0.2) is 5.78 Å². The van der Waals surface area contributed by atoms with Gasteiger partial charge in [-0.3, -0.25) is 4.79 Å². The van der Waals surface area contributed by atoms with E-state index in [0.717, 1.165) is 12.1 Å². The minimum atomic E-state index is -0.728. The molecule has 5 heteroatoms. The smallest absolute Gasteiger partial charge is 0.180 e. The molecule has 0 amide bonds. The number of rotatable bonds is 3. The number of carbonyl (C=O) groups excluding carboxylic acids is 1. The molecule has 0 bridgehead atoms. The second-order valence-corrected chi connectivity index (χ2v) is 3.50. The minimum absolute atomic E-state index is 0.0449. The highest BCUT2D eigenvalue weighted by atomic mass is 35.5. The molecule has 0 saturated heterocycles. The lowest BCUT2D eigenvalue weighted by Gasteiger charge is -2.10. The number of nitrogens with two attached hydrogens (primary N) is 1. The number of halogens is 2. The summed E-state index contributed by atoms with van der Waals surface area (Å²) in [4.78, 5) is 11.6. The zero-order valence-electron chi connectivity index (χ0n) is 8.38. The van der Waals surface area contributed by atoms with Crippen molar-refractivity contribution < 1.29 is 13.9 Å². The van der Waals surface area contributed by atoms with Crippen LogP contribution in [0.5, 0.6) is 5.75 Å². The van der Waals surface area contributed by atoms with Crippen LogP contribution in [0.4, 0.5) is 4.39 Å². The fourth-order valence-electron chi connectivity index (χ4n) is 1.14. The summed E-state index contributed by atoms with van der Waals surface area (Å²) in [5.41, 5.74) is 5.45. The van der Waals surface area contributed by atoms with Crippen LogP contribution < -0.4 is 10.5 Å². The molecule has 1 atom stereocenters. The summed E-state index contributed by atoms with van der Waals surface area (Å²) in [7, 11) is 1.35. The summed E-state index contributed by atoms with van der Waals surface area (Å²) in [6.45, 7) is 1.51. The Morgan fingerprint density at radius 1 is 1.60 bits per heavy atom. The fraction of sp³-hybridized carbons (Fsp3) is 0.300. The van der Waals surface area contributed by atoms with Gasteiger partial charge in [0.1, 0.15) is 11.6 Å². The molecule has 0 spiro atoms. The maximum Gasteiger partial charge on any atom is 0.180 e. The van der Waals surface area contributed by atoms with Gasteiger partial charge in [-0.25, -0.2) is 4.39 Å². The first-order valence-corrected chi connectivity index (χ1v) is 4.68. The van der Waals surface area contributed by atoms with Crippen LogP contribution in [0.2, 0.25) is 5.02 Å². The first-order valence-electron chi connectivity index (χ1n) is 4.30. The third-order valence-electron chi connectivity index (χ3n) is 1.90. The summed E-state index contributed by atoms with van der Waals surface area (Å²) < 4.78 is 17.9. The van der Waals surface area contributed by atoms with Crippen molar-refractivity contribution in [1.29, 1.82) is 0 Å². The SMILES string of the molecule is COc1cc(F)cc(C(=O)C(C)N)c1Cl. The lowest BCUT2D eigenvalue weighted by Crippen LogP contribution is -2.27. The van der Waals surface area contributed by atoms with Gasteiger partial charge in [-0.2, -0.15) is 0 Å². The van der Waals surface area contributed by atoms with Crippen LogP contribution >= 0.6 is 11.6 Å². The van der Waals surface area contributed by atoms with E-state index in [1.165, 1.54) is 14.0 Å². The third kappa shape index (κ3) is 2.46. The average Bonchev–Trinajstić information content (AvgIpc) is 2.19. The van der Waals surface area contributed by atoms with Crippen molar-refractivity contribution >= 4 is 17.4 Å². The van der Waals surface area contributed by atoms with Crippen LogP contribution in [0, 0.1) is 5.82 Å². The zero-order chi connectivity index (χ0) is 11.6. The quantitative estimate of drug-likeness (QED) is 0.810. The largest absolute Gasteiger partial charge is 0.495 e. The Morgan fingerprint density at radius 3 is 2.67 bits per heavy atom. The van der Waals surface area contributed by atoms with Gasteiger partial charge >= 0.3 is 0 Å². The lowest BCUT2D eigenvalue weighted by molar-refractivity contribution is 0.0967. The molecule has 1 aromatic carbocycles. The number of carbonyl (C=O) groups is 1. The van der Waals surface area contributed by atoms with E-state index in [9.17, 15) is 9.18 Å². The number of hydrogen-bond donors (Lipinski definition) is 1. The van der Waals surface area contributed by atoms with E-state index in [0.29, 0.717) is 0 Å². The number of Topliss-reactive ketones (excluding diaryl/α,β-unsaturated/α-hetero) is 1. The van der Waals surface area contributed by atoms with E-state index in [-0.39, 0.29) is 16.3 Å². The summed E-state index contributed by atoms with van der Waals surface area (Å²) in [5.74, 6) is -0.876. The van der Waals surface area contributed by atoms with Crippen LogP contribution in [0.25, 0.3) is 0 Å². The van der Waals surface area contributed by atoms with Gasteiger partial charge in [0, 0.05) is 11.6 Å². The van der Waals surface area contributed by atoms with Crippen molar-refractivity contribution in [2.24, 2.45) is 5.73 Å². The van der Waals surface area contributed by atoms with Crippen LogP contribution in [0.3, 0.4) is 0 Å². The molecule has 1 aromatic rings. The topological polar surface area (TPSA) is 52.3 Å². The van der Waals surface area contributed by atoms with E-state index in [2.05, 4.69) is 0 Å². The fourth-order valence-corrected chi connectivity index (χ4v) is 1.42. The zero-order valence-corrected chi connectivity index (χ0v) is 9.14. The van der Waals surface area contributed by atoms with Crippen molar-refractivity contribution in [1.82, 2.24) is 0 Å². The molecule has 0 aromatic heterocycles. The molecule has 1 unspecified atom stereocenters. The number of benzene rings is 1. The maximum absolute atomic E-state index is 13.1. The van der Waals surface area contributed by atoms with Crippen LogP contribution in [-0.4, -0.2) is 18.9 Å². The summed E-state index contributed by atoms with van der Waals surface area (Å²) >= 11 is 5.85. The Labute approximate surface area is 92.0 Å². The second-order valence-electron chi connectivity index (χ2n) is 3.12. The van der Waals surface area contributed by atoms with Crippen molar-refractivity contribution in [3.63, 3.8) is 0 Å². The number of methoxy groups -OCH3 is 1. The molecular formula is C10H11ClFNO2. The molecule has 0 fully saturated rings. The molecule has 3 nitrogen and oxygen atoms in total. The van der Waals surface area contributed by atoms with Gasteiger partial charge in [-0.1, -0.05) is 11.6 Å². The molecule has 82 valence electrons. The van der Waals surface area contributed by atoms with Crippen LogP contribution in [-0.2, 0) is 0 Å². The highest BCUT2D eigenvalue weighted by molar-refractivity contribution is 6.35. The van der Waals surface area contributed by atoms with Crippen molar-refractivity contribution in [3.05, 3.63) is 28.5 Å². The molecule has 0 radical (unpaired) electrons. The van der Waals surface area contributed by atoms with E-state index in [1.54, 1.807) is 0 Å². The summed E-state index contributed by atoms with van der Waals surface area (Å²) in [6.07, 6.45) is 0. The highest BCUT2D eigenvalue weighted by Crippen LogP contribution is 2.29. The van der Waals surface area contributed by atoms with E-state index >= 15 is 0 Å². The Bertz CT molecular complexity index is 393. The second kappa shape index (κ2) is 4.59. The predicted octanol–water partition coefficient (Wildman–Crippen LogP) is 2.02. The Hall–Kier alpha value is -1.13. The molecule has 1 rings (SSSR count). The molecule has 0 heterocycles. The third-order valence-corrected chi connectivity index (χ3v) is 2.29. The molecular weight excluding hydrogens is 221 g/mol. The van der Waals surface area contributed by atoms with E-state index in [4.69, 9.17) is 22.1 Å². The van der Waals surface area contributed by atoms with Gasteiger partial charge in [0.25, 0.3) is 0 Å². The number of hydrogen-bond acceptors (Lipinski definition) is 3. The average molecular weight is 232 g/mol. The number of ether oxygens (including phenoxy) is 1. The summed E-state index contributed by atoms with van der Waals surface area (Å²) in [6, 6.07) is 1.44. The molecule has 15 heavy (non-hydrogen) atoms. The normalized spacial score (nSPS) is 12.3. The summed E-state index contributed by atoms with van der Waals surface area (Å²) in [5, 5.41) is 0.0844. The standard InChI is InChI=1S/C10H11ClFNO2/c1-5(13)10(14)7-3-6(12)4-8(15-2)9(7)11/h3-5H,13H2,1-2H3. The van der Waals surface area contributed by atoms with Crippen LogP contribution in [0.15, 0.2) is 12.1 Å². The first kappa shape index (κ1) is 11.9. The van der Waals surface area contributed by atoms with E-state index in [1.807, 2.05) is 0 Å². The Balaban J connectivity index is 3.29. The predicted molar refractivity (Wildman–Crippen MR) is 55.9 cm³/mol. The monoisotopic (exact) mass is 231 g/mol. The molecule has 0 aliphatic heterocycles. The minimum Gasteiger partial charge on any atom is -0.495 e. The molecule has 2 N–H and O–H groups in total. The van der Waals surface area contributed by atoms with Crippen LogP contribution in [0.1, 0.15) is 17.3 Å². The highest BCUT2D eigenvalue weighted by Gasteiger charge is 2.18. The maximum atomic E-state index is 13.1. The van der Waals surface area contributed by atoms with Crippen molar-refractivity contribution in [3.8, 4) is 5.75 Å². The van der Waals surface area contributed by atoms with Gasteiger partial charge in [-0.05, 0) is 13.0 Å². The van der Waals surface area contributed by atoms with Gasteiger partial charge in [-0.15, -0.1) is 0 Å². The van der Waals surface area contributed by atoms with Crippen molar-refractivity contribution in [2.75, 3.05) is 7.11 Å². The van der Waals surface area contributed by atoms with Gasteiger partial charge in [0.05, 0.1) is 18.2 Å². The molecule has 0 aliphatic carbocycles. The molecule has 0 saturated carbocycles. The Morgan fingerprint density at radius 2 is 2.20 bits per heavy atom. The van der Waals surface area contributed by atoms with Gasteiger partial charge < -0.3 is 10.5 Å². The number of ketones is 1. The Kier molecular flexibility index (Phi) is 3.66. The van der Waals surface area contributed by atoms with Gasteiger partial charge in [0.2, 0.25) is 0 Å². The molecule has 0 aliphatic rings. The van der Waals surface area contributed by atoms with Crippen molar-refractivity contribution in [2.45, 2.75) is 13.0 Å². The van der Waals surface area contributed by atoms with E-state index < -0.39 is 17.6 Å².